The first-order valence-corrected chi connectivity index (χ1v) is 7.39. The van der Waals surface area contributed by atoms with Gasteiger partial charge in [0.05, 0.1) is 0 Å². The molecule has 9 heteroatoms. The normalized spacial score (nSPS) is 13.2. The van der Waals surface area contributed by atoms with Gasteiger partial charge in [-0.2, -0.15) is 17.5 Å². The van der Waals surface area contributed by atoms with Gasteiger partial charge in [0.2, 0.25) is 0 Å². The fourth-order valence-corrected chi connectivity index (χ4v) is 4.08. The Morgan fingerprint density at radius 2 is 2.06 bits per heavy atom. The number of hydrogen-bond donors (Lipinski definition) is 1. The molecular weight excluding hydrogens is 289 g/mol. The molecule has 0 aromatic carbocycles. The van der Waals surface area contributed by atoms with E-state index in [1.165, 1.54) is 11.4 Å². The lowest BCUT2D eigenvalue weighted by Crippen LogP contribution is -2.39. The number of hydrogen-bond acceptors (Lipinski definition) is 4. The fraction of sp³-hybridized carbons (Fsp3) is 0.556. The van der Waals surface area contributed by atoms with E-state index in [1.807, 2.05) is 0 Å². The third-order valence-electron chi connectivity index (χ3n) is 2.02. The van der Waals surface area contributed by atoms with Crippen molar-refractivity contribution in [3.63, 3.8) is 0 Å². The monoisotopic (exact) mass is 302 g/mol. The van der Waals surface area contributed by atoms with E-state index >= 15 is 0 Å². The van der Waals surface area contributed by atoms with Crippen LogP contribution in [0.2, 0.25) is 0 Å². The van der Waals surface area contributed by atoms with E-state index in [-0.39, 0.29) is 16.4 Å². The molecule has 0 aliphatic heterocycles. The third-order valence-corrected chi connectivity index (χ3v) is 5.30. The van der Waals surface area contributed by atoms with Crippen LogP contribution in [0.15, 0.2) is 15.7 Å². The number of alkyl halides is 3. The maximum atomic E-state index is 12.4. The van der Waals surface area contributed by atoms with Crippen LogP contribution in [-0.2, 0) is 10.0 Å². The SMILES string of the molecule is CCCN(CC(F)(F)F)S(=O)(=O)c1cc(N)cs1. The van der Waals surface area contributed by atoms with Crippen LogP contribution < -0.4 is 5.73 Å². The van der Waals surface area contributed by atoms with Crippen molar-refractivity contribution in [3.8, 4) is 0 Å². The molecule has 0 amide bonds. The molecule has 0 unspecified atom stereocenters. The van der Waals surface area contributed by atoms with E-state index in [2.05, 4.69) is 0 Å². The average molecular weight is 302 g/mol. The average Bonchev–Trinajstić information content (AvgIpc) is 2.63. The maximum absolute atomic E-state index is 12.4. The van der Waals surface area contributed by atoms with E-state index in [9.17, 15) is 21.6 Å². The van der Waals surface area contributed by atoms with E-state index < -0.39 is 22.7 Å². The van der Waals surface area contributed by atoms with Crippen LogP contribution in [-0.4, -0.2) is 32.0 Å². The molecule has 0 radical (unpaired) electrons. The summed E-state index contributed by atoms with van der Waals surface area (Å²) in [6, 6.07) is 1.17. The Morgan fingerprint density at radius 3 is 2.44 bits per heavy atom. The van der Waals surface area contributed by atoms with Crippen molar-refractivity contribution >= 4 is 27.0 Å². The summed E-state index contributed by atoms with van der Waals surface area (Å²) in [5, 5.41) is 1.38. The van der Waals surface area contributed by atoms with Gasteiger partial charge in [-0.25, -0.2) is 8.42 Å². The van der Waals surface area contributed by atoms with Crippen molar-refractivity contribution in [2.75, 3.05) is 18.8 Å². The van der Waals surface area contributed by atoms with Crippen LogP contribution in [0, 0.1) is 0 Å². The fourth-order valence-electron chi connectivity index (χ4n) is 1.33. The Bertz CT molecular complexity index is 496. The molecule has 0 atom stereocenters. The van der Waals surface area contributed by atoms with Gasteiger partial charge in [0.25, 0.3) is 10.0 Å². The summed E-state index contributed by atoms with van der Waals surface area (Å²) in [7, 11) is -4.12. The molecule has 0 bridgehead atoms. The Hall–Kier alpha value is -0.800. The number of nitrogens with zero attached hydrogens (tertiary/aromatic N) is 1. The molecule has 4 nitrogen and oxygen atoms in total. The minimum atomic E-state index is -4.56. The van der Waals surface area contributed by atoms with Gasteiger partial charge in [0.1, 0.15) is 10.8 Å². The number of thiophene rings is 1. The molecule has 0 fully saturated rings. The number of sulfonamides is 1. The minimum Gasteiger partial charge on any atom is -0.398 e. The standard InChI is InChI=1S/C9H13F3N2O2S2/c1-2-3-14(6-9(10,11)12)18(15,16)8-4-7(13)5-17-8/h4-5H,2-3,6,13H2,1H3. The Morgan fingerprint density at radius 1 is 1.44 bits per heavy atom. The zero-order valence-electron chi connectivity index (χ0n) is 9.57. The predicted molar refractivity (Wildman–Crippen MR) is 63.8 cm³/mol. The molecule has 104 valence electrons. The van der Waals surface area contributed by atoms with Crippen LogP contribution >= 0.6 is 11.3 Å². The van der Waals surface area contributed by atoms with Crippen LogP contribution in [0.3, 0.4) is 0 Å². The van der Waals surface area contributed by atoms with Crippen molar-refractivity contribution in [1.29, 1.82) is 0 Å². The van der Waals surface area contributed by atoms with Crippen LogP contribution in [0.1, 0.15) is 13.3 Å². The van der Waals surface area contributed by atoms with Gasteiger partial charge < -0.3 is 5.73 Å². The van der Waals surface area contributed by atoms with Crippen molar-refractivity contribution < 1.29 is 21.6 Å². The zero-order valence-corrected chi connectivity index (χ0v) is 11.2. The highest BCUT2D eigenvalue weighted by Crippen LogP contribution is 2.27. The number of nitrogen functional groups attached to an aromatic ring is 1. The van der Waals surface area contributed by atoms with Crippen LogP contribution in [0.4, 0.5) is 18.9 Å². The molecule has 2 N–H and O–H groups in total. The molecule has 1 aromatic heterocycles. The Labute approximate surface area is 107 Å². The predicted octanol–water partition coefficient (Wildman–Crippen LogP) is 2.29. The molecule has 18 heavy (non-hydrogen) atoms. The van der Waals surface area contributed by atoms with Gasteiger partial charge in [-0.05, 0) is 12.5 Å². The molecule has 0 saturated carbocycles. The largest absolute Gasteiger partial charge is 0.402 e. The van der Waals surface area contributed by atoms with E-state index in [4.69, 9.17) is 5.73 Å². The molecule has 0 aliphatic carbocycles. The first-order chi connectivity index (χ1) is 8.16. The van der Waals surface area contributed by atoms with Gasteiger partial charge in [-0.3, -0.25) is 0 Å². The second-order valence-electron chi connectivity index (χ2n) is 3.65. The Kier molecular flexibility index (Phi) is 4.62. The zero-order chi connectivity index (χ0) is 14.0. The van der Waals surface area contributed by atoms with Gasteiger partial charge in [0, 0.05) is 17.6 Å². The lowest BCUT2D eigenvalue weighted by atomic mass is 10.5. The van der Waals surface area contributed by atoms with E-state index in [0.29, 0.717) is 10.7 Å². The maximum Gasteiger partial charge on any atom is 0.402 e. The lowest BCUT2D eigenvalue weighted by Gasteiger charge is -2.21. The number of anilines is 1. The summed E-state index contributed by atoms with van der Waals surface area (Å²) in [5.74, 6) is 0. The van der Waals surface area contributed by atoms with Crippen LogP contribution in [0.25, 0.3) is 0 Å². The number of halogens is 3. The topological polar surface area (TPSA) is 63.4 Å². The Balaban J connectivity index is 3.04. The molecule has 1 heterocycles. The molecule has 0 aliphatic rings. The summed E-state index contributed by atoms with van der Waals surface area (Å²) in [6.45, 7) is -0.0533. The summed E-state index contributed by atoms with van der Waals surface area (Å²) in [6.07, 6.45) is -4.26. The molecule has 1 aromatic rings. The van der Waals surface area contributed by atoms with Crippen molar-refractivity contribution in [2.24, 2.45) is 0 Å². The second-order valence-corrected chi connectivity index (χ2v) is 6.73. The molecular formula is C9H13F3N2O2S2. The smallest absolute Gasteiger partial charge is 0.398 e. The highest BCUT2D eigenvalue weighted by Gasteiger charge is 2.37. The summed E-state index contributed by atoms with van der Waals surface area (Å²) >= 11 is 0.815. The third kappa shape index (κ3) is 3.85. The molecule has 0 saturated heterocycles. The van der Waals surface area contributed by atoms with Gasteiger partial charge >= 0.3 is 6.18 Å². The van der Waals surface area contributed by atoms with E-state index in [1.54, 1.807) is 6.92 Å². The lowest BCUT2D eigenvalue weighted by molar-refractivity contribution is -0.136. The van der Waals surface area contributed by atoms with Gasteiger partial charge in [-0.15, -0.1) is 11.3 Å². The summed E-state index contributed by atoms with van der Waals surface area (Å²) < 4.78 is 61.3. The minimum absolute atomic E-state index is 0.169. The van der Waals surface area contributed by atoms with E-state index in [0.717, 1.165) is 11.3 Å². The number of rotatable bonds is 5. The number of nitrogens with two attached hydrogens (primary N) is 1. The van der Waals surface area contributed by atoms with Crippen LogP contribution in [0.5, 0.6) is 0 Å². The van der Waals surface area contributed by atoms with Crippen molar-refractivity contribution in [2.45, 2.75) is 23.7 Å². The molecule has 0 spiro atoms. The second kappa shape index (κ2) is 5.45. The quantitative estimate of drug-likeness (QED) is 0.907. The summed E-state index contributed by atoms with van der Waals surface area (Å²) in [4.78, 5) is 0. The highest BCUT2D eigenvalue weighted by atomic mass is 32.2. The van der Waals surface area contributed by atoms with Gasteiger partial charge in [-0.1, -0.05) is 6.92 Å². The van der Waals surface area contributed by atoms with Gasteiger partial charge in [0.15, 0.2) is 0 Å². The van der Waals surface area contributed by atoms with Crippen molar-refractivity contribution in [1.82, 2.24) is 4.31 Å². The summed E-state index contributed by atoms with van der Waals surface area (Å²) in [5.41, 5.74) is 5.61. The first kappa shape index (κ1) is 15.3. The molecule has 1 rings (SSSR count). The first-order valence-electron chi connectivity index (χ1n) is 5.07. The highest BCUT2D eigenvalue weighted by molar-refractivity contribution is 7.91. The van der Waals surface area contributed by atoms with Crippen molar-refractivity contribution in [3.05, 3.63) is 11.4 Å².